The normalized spacial score (nSPS) is 7.20. The van der Waals surface area contributed by atoms with Crippen LogP contribution in [0.4, 0.5) is 10.6 Å². The van der Waals surface area contributed by atoms with Gasteiger partial charge in [0.05, 0.1) is 0 Å². The first-order valence-electron chi connectivity index (χ1n) is 0.463. The average molecular weight is 151 g/mol. The molecule has 0 nitrogen and oxygen atoms in total. The molecular weight excluding hydrogens is 149 g/mol. The molecule has 0 aromatic rings. The molecule has 0 saturated carbocycles. The summed E-state index contributed by atoms with van der Waals surface area (Å²) < 4.78 is 29.4. The molecule has 5 heteroatoms. The summed E-state index contributed by atoms with van der Waals surface area (Å²) >= 11 is -4.54. The fourth-order valence-corrected chi connectivity index (χ4v) is 0. The molecule has 0 fully saturated rings. The van der Waals surface area contributed by atoms with Gasteiger partial charge in [0.1, 0.15) is 0 Å². The summed E-state index contributed by atoms with van der Waals surface area (Å²) in [7, 11) is 0. The van der Waals surface area contributed by atoms with Gasteiger partial charge in [-0.3, -0.25) is 0 Å². The first kappa shape index (κ1) is 9.77. The summed E-state index contributed by atoms with van der Waals surface area (Å²) in [6.45, 7) is 0. The van der Waals surface area contributed by atoms with E-state index in [0.29, 0.717) is 0 Å². The van der Waals surface area contributed by atoms with Crippen molar-refractivity contribution in [1.29, 1.82) is 0 Å². The summed E-state index contributed by atoms with van der Waals surface area (Å²) in [5.41, 5.74) is 0. The first-order chi connectivity index (χ1) is 1.73. The van der Waals surface area contributed by atoms with Crippen molar-refractivity contribution < 1.29 is 26.1 Å². The van der Waals surface area contributed by atoms with Crippen molar-refractivity contribution in [2.45, 2.75) is 0 Å². The maximum absolute atomic E-state index is 9.79. The van der Waals surface area contributed by atoms with Crippen LogP contribution in [0.5, 0.6) is 0 Å². The minimum absolute atomic E-state index is 0. The van der Waals surface area contributed by atoms with E-state index in [4.69, 9.17) is 0 Å². The van der Waals surface area contributed by atoms with Gasteiger partial charge in [0.15, 0.2) is 0 Å². The molecule has 5 heavy (non-hydrogen) atoms. The zero-order valence-electron chi connectivity index (χ0n) is 1.54. The van der Waals surface area contributed by atoms with Gasteiger partial charge in [-0.15, -0.1) is 0 Å². The Hall–Kier alpha value is 1.58. The number of halogens is 3. The van der Waals surface area contributed by atoms with Crippen LogP contribution in [0.15, 0.2) is 0 Å². The molecule has 0 rings (SSSR count). The van der Waals surface area contributed by atoms with Crippen LogP contribution in [-0.4, -0.2) is 37.7 Å². The van der Waals surface area contributed by atoms with Crippen LogP contribution in [0, 0.1) is 0 Å². The molecule has 0 atom stereocenters. The standard InChI is InChI=1S/Ca.Cr.3FH.2H/h;;3*1H;;/q;+3;;;;;/p-3. The van der Waals surface area contributed by atoms with Crippen molar-refractivity contribution in [3.8, 4) is 0 Å². The summed E-state index contributed by atoms with van der Waals surface area (Å²) in [4.78, 5) is 0. The second kappa shape index (κ2) is 5.58. The number of hydrogen-bond donors (Lipinski definition) is 0. The van der Waals surface area contributed by atoms with Gasteiger partial charge in [0.25, 0.3) is 0 Å². The molecule has 0 aromatic carbocycles. The van der Waals surface area contributed by atoms with Crippen LogP contribution in [0.2, 0.25) is 0 Å². The summed E-state index contributed by atoms with van der Waals surface area (Å²) in [6.07, 6.45) is 0. The van der Waals surface area contributed by atoms with E-state index in [0.717, 1.165) is 0 Å². The van der Waals surface area contributed by atoms with E-state index in [1.54, 1.807) is 0 Å². The van der Waals surface area contributed by atoms with Crippen molar-refractivity contribution in [1.82, 2.24) is 0 Å². The van der Waals surface area contributed by atoms with Crippen LogP contribution in [0.25, 0.3) is 0 Å². The van der Waals surface area contributed by atoms with Crippen molar-refractivity contribution in [3.63, 3.8) is 0 Å². The third-order valence-electron chi connectivity index (χ3n) is 0. The van der Waals surface area contributed by atoms with Crippen LogP contribution < -0.4 is 0 Å². The molecule has 0 unspecified atom stereocenters. The third-order valence-corrected chi connectivity index (χ3v) is 0. The Kier molecular flexibility index (Phi) is 10.9. The number of hydrogen-bond acceptors (Lipinski definition) is 0. The molecule has 0 aromatic heterocycles. The zero-order chi connectivity index (χ0) is 3.58. The fourth-order valence-electron chi connectivity index (χ4n) is 0. The van der Waals surface area contributed by atoms with Crippen molar-refractivity contribution >= 4 is 37.7 Å². The molecule has 0 heterocycles. The van der Waals surface area contributed by atoms with Crippen LogP contribution in [0.3, 0.4) is 0 Å². The third kappa shape index (κ3) is 28.6. The van der Waals surface area contributed by atoms with Crippen molar-refractivity contribution in [2.24, 2.45) is 0 Å². The fraction of sp³-hybridized carbons (Fsp3) is 0. The molecule has 0 N–H and O–H groups in total. The SMILES string of the molecule is [CaH2].[F][Cr]([F])[F]. The first-order valence-corrected chi connectivity index (χ1v) is 1.91. The second-order valence-corrected chi connectivity index (χ2v) is 0.721. The molecule has 31 valence electrons. The average Bonchev–Trinajstić information content (AvgIpc) is 0.811. The van der Waals surface area contributed by atoms with Gasteiger partial charge in [-0.05, 0) is 0 Å². The van der Waals surface area contributed by atoms with Gasteiger partial charge in [0, 0.05) is 0 Å². The Morgan fingerprint density at radius 2 is 1.00 bits per heavy atom. The predicted octanol–water partition coefficient (Wildman–Crippen LogP) is 0.342. The van der Waals surface area contributed by atoms with Gasteiger partial charge in [-0.2, -0.15) is 0 Å². The van der Waals surface area contributed by atoms with Gasteiger partial charge in [-0.25, -0.2) is 0 Å². The Labute approximate surface area is 63.2 Å². The number of rotatable bonds is 0. The Balaban J connectivity index is 0. The monoisotopic (exact) mass is 151 g/mol. The Morgan fingerprint density at radius 1 is 1.00 bits per heavy atom. The molecule has 0 radical (unpaired) electrons. The topological polar surface area (TPSA) is 0 Å². The maximum atomic E-state index is 9.79. The molecule has 0 saturated heterocycles. The van der Waals surface area contributed by atoms with Crippen LogP contribution in [-0.2, 0) is 15.5 Å². The predicted molar refractivity (Wildman–Crippen MR) is 11.9 cm³/mol. The van der Waals surface area contributed by atoms with E-state index in [2.05, 4.69) is 0 Å². The van der Waals surface area contributed by atoms with Gasteiger partial charge in [-0.1, -0.05) is 0 Å². The quantitative estimate of drug-likeness (QED) is 0.438. The molecule has 0 aliphatic heterocycles. The van der Waals surface area contributed by atoms with Crippen molar-refractivity contribution in [2.75, 3.05) is 0 Å². The molecule has 0 bridgehead atoms. The van der Waals surface area contributed by atoms with Crippen LogP contribution >= 0.6 is 0 Å². The zero-order valence-corrected chi connectivity index (χ0v) is 2.82. The Morgan fingerprint density at radius 3 is 1.00 bits per heavy atom. The summed E-state index contributed by atoms with van der Waals surface area (Å²) in [6, 6.07) is 0. The van der Waals surface area contributed by atoms with Gasteiger partial charge >= 0.3 is 63.8 Å². The molecular formula is H2CaCrF3. The van der Waals surface area contributed by atoms with E-state index in [1.165, 1.54) is 0 Å². The van der Waals surface area contributed by atoms with Gasteiger partial charge in [0.2, 0.25) is 0 Å². The second-order valence-electron chi connectivity index (χ2n) is 0.175. The van der Waals surface area contributed by atoms with E-state index in [1.807, 2.05) is 0 Å². The van der Waals surface area contributed by atoms with Crippen LogP contribution in [0.1, 0.15) is 0 Å². The summed E-state index contributed by atoms with van der Waals surface area (Å²) in [5.74, 6) is 0. The summed E-state index contributed by atoms with van der Waals surface area (Å²) in [5, 5.41) is 0. The van der Waals surface area contributed by atoms with E-state index >= 15 is 0 Å². The molecule has 0 spiro atoms. The molecule has 0 aliphatic carbocycles. The minimum atomic E-state index is -4.54. The Bertz CT molecular complexity index is 11.6. The van der Waals surface area contributed by atoms with Crippen molar-refractivity contribution in [3.05, 3.63) is 0 Å². The molecule has 0 amide bonds. The van der Waals surface area contributed by atoms with E-state index in [-0.39, 0.29) is 37.7 Å². The molecule has 0 aliphatic rings. The van der Waals surface area contributed by atoms with Gasteiger partial charge < -0.3 is 0 Å². The van der Waals surface area contributed by atoms with E-state index < -0.39 is 15.5 Å². The van der Waals surface area contributed by atoms with E-state index in [9.17, 15) is 10.6 Å².